The quantitative estimate of drug-likeness (QED) is 0.519. The van der Waals surface area contributed by atoms with Crippen molar-refractivity contribution in [1.82, 2.24) is 0 Å². The highest BCUT2D eigenvalue weighted by atomic mass is 79.9. The van der Waals surface area contributed by atoms with E-state index in [1.165, 1.54) is 0 Å². The van der Waals surface area contributed by atoms with Crippen LogP contribution in [0.1, 0.15) is 44.4 Å². The van der Waals surface area contributed by atoms with Crippen molar-refractivity contribution in [3.63, 3.8) is 0 Å². The highest BCUT2D eigenvalue weighted by Gasteiger charge is 2.38. The smallest absolute Gasteiger partial charge is 0.415 e. The number of ether oxygens (including phenoxy) is 2. The van der Waals surface area contributed by atoms with Crippen LogP contribution in [0.25, 0.3) is 0 Å². The lowest BCUT2D eigenvalue weighted by Gasteiger charge is -2.39. The van der Waals surface area contributed by atoms with Gasteiger partial charge in [-0.05, 0) is 62.9 Å². The molecule has 0 saturated carbocycles. The number of aryl methyl sites for hydroxylation is 1. The van der Waals surface area contributed by atoms with Crippen LogP contribution in [0.5, 0.6) is 5.75 Å². The van der Waals surface area contributed by atoms with Crippen LogP contribution >= 0.6 is 27.5 Å². The average molecular weight is 453 g/mol. The lowest BCUT2D eigenvalue weighted by atomic mass is 9.91. The highest BCUT2D eigenvalue weighted by molar-refractivity contribution is 9.10. The molecule has 0 bridgehead atoms. The second kappa shape index (κ2) is 7.72. The van der Waals surface area contributed by atoms with Gasteiger partial charge in [0.1, 0.15) is 11.4 Å². The van der Waals surface area contributed by atoms with Crippen molar-refractivity contribution >= 4 is 39.3 Å². The Balaban J connectivity index is 2.16. The van der Waals surface area contributed by atoms with Crippen molar-refractivity contribution in [2.24, 2.45) is 0 Å². The number of benzene rings is 2. The van der Waals surface area contributed by atoms with E-state index in [9.17, 15) is 4.79 Å². The van der Waals surface area contributed by atoms with Crippen LogP contribution in [0.3, 0.4) is 0 Å². The van der Waals surface area contributed by atoms with Gasteiger partial charge in [0.15, 0.2) is 0 Å². The molecule has 0 spiro atoms. The molecular weight excluding hydrogens is 430 g/mol. The van der Waals surface area contributed by atoms with Crippen molar-refractivity contribution in [3.8, 4) is 5.75 Å². The first-order valence-corrected chi connectivity index (χ1v) is 10.0. The van der Waals surface area contributed by atoms with Gasteiger partial charge in [-0.15, -0.1) is 0 Å². The topological polar surface area (TPSA) is 38.8 Å². The van der Waals surface area contributed by atoms with Gasteiger partial charge in [-0.25, -0.2) is 4.79 Å². The number of amides is 1. The molecule has 1 amide bonds. The number of methoxy groups -OCH3 is 1. The fraction of sp³-hybridized carbons (Fsp3) is 0.381. The minimum absolute atomic E-state index is 0.226. The zero-order valence-electron chi connectivity index (χ0n) is 15.9. The monoisotopic (exact) mass is 451 g/mol. The third-order valence-corrected chi connectivity index (χ3v) is 5.23. The Morgan fingerprint density at radius 1 is 1.26 bits per heavy atom. The van der Waals surface area contributed by atoms with Gasteiger partial charge in [-0.3, -0.25) is 4.90 Å². The lowest BCUT2D eigenvalue weighted by Crippen LogP contribution is -2.42. The van der Waals surface area contributed by atoms with E-state index in [0.29, 0.717) is 10.8 Å². The molecule has 4 nitrogen and oxygen atoms in total. The predicted octanol–water partition coefficient (Wildman–Crippen LogP) is 6.54. The van der Waals surface area contributed by atoms with E-state index in [-0.39, 0.29) is 6.04 Å². The van der Waals surface area contributed by atoms with Gasteiger partial charge in [-0.2, -0.15) is 0 Å². The maximum absolute atomic E-state index is 13.2. The number of fused-ring (bicyclic) bond motifs is 1. The molecule has 0 aliphatic carbocycles. The van der Waals surface area contributed by atoms with Crippen molar-refractivity contribution < 1.29 is 14.3 Å². The maximum atomic E-state index is 13.2. The Bertz CT molecular complexity index is 846. The fourth-order valence-corrected chi connectivity index (χ4v) is 4.14. The second-order valence-electron chi connectivity index (χ2n) is 7.54. The molecule has 0 N–H and O–H groups in total. The molecule has 1 unspecified atom stereocenters. The molecule has 0 radical (unpaired) electrons. The first kappa shape index (κ1) is 20.0. The maximum Gasteiger partial charge on any atom is 0.415 e. The van der Waals surface area contributed by atoms with Crippen LogP contribution in [0.15, 0.2) is 40.9 Å². The zero-order chi connectivity index (χ0) is 19.8. The minimum Gasteiger partial charge on any atom is -0.495 e. The lowest BCUT2D eigenvalue weighted by molar-refractivity contribution is 0.0559. The molecule has 1 aliphatic rings. The van der Waals surface area contributed by atoms with Gasteiger partial charge >= 0.3 is 6.09 Å². The van der Waals surface area contributed by atoms with E-state index in [2.05, 4.69) is 15.9 Å². The summed E-state index contributed by atoms with van der Waals surface area (Å²) in [6, 6.07) is 11.3. The third-order valence-electron chi connectivity index (χ3n) is 4.43. The molecule has 6 heteroatoms. The number of nitrogens with zero attached hydrogens (tertiary/aromatic N) is 1. The van der Waals surface area contributed by atoms with Crippen LogP contribution in [0.2, 0.25) is 5.02 Å². The average Bonchev–Trinajstić information content (AvgIpc) is 2.59. The van der Waals surface area contributed by atoms with Crippen LogP contribution in [0.4, 0.5) is 10.5 Å². The number of hydrogen-bond donors (Lipinski definition) is 0. The van der Waals surface area contributed by atoms with E-state index in [1.807, 2.05) is 57.2 Å². The van der Waals surface area contributed by atoms with Crippen molar-refractivity contribution in [2.45, 2.75) is 45.3 Å². The second-order valence-corrected chi connectivity index (χ2v) is 8.86. The summed E-state index contributed by atoms with van der Waals surface area (Å²) in [5, 5.41) is 0.635. The number of carbonyl (C=O) groups is 1. The molecule has 2 aromatic carbocycles. The van der Waals surface area contributed by atoms with Gasteiger partial charge in [0, 0.05) is 9.50 Å². The van der Waals surface area contributed by atoms with Crippen LogP contribution < -0.4 is 9.64 Å². The first-order valence-electron chi connectivity index (χ1n) is 8.84. The van der Waals surface area contributed by atoms with Crippen molar-refractivity contribution in [1.29, 1.82) is 0 Å². The molecular formula is C21H23BrClNO3. The Kier molecular flexibility index (Phi) is 5.73. The van der Waals surface area contributed by atoms with E-state index >= 15 is 0 Å². The third kappa shape index (κ3) is 4.25. The van der Waals surface area contributed by atoms with Crippen molar-refractivity contribution in [3.05, 3.63) is 57.0 Å². The van der Waals surface area contributed by atoms with E-state index < -0.39 is 11.7 Å². The van der Waals surface area contributed by atoms with Gasteiger partial charge < -0.3 is 9.47 Å². The van der Waals surface area contributed by atoms with Gasteiger partial charge in [0.05, 0.1) is 18.8 Å². The number of carbonyl (C=O) groups excluding carboxylic acids is 1. The molecule has 27 heavy (non-hydrogen) atoms. The Labute approximate surface area is 173 Å². The molecule has 1 atom stereocenters. The van der Waals surface area contributed by atoms with Crippen LogP contribution in [-0.2, 0) is 11.2 Å². The molecule has 2 aromatic rings. The normalized spacial score (nSPS) is 16.7. The summed E-state index contributed by atoms with van der Waals surface area (Å²) in [6.07, 6.45) is 1.14. The predicted molar refractivity (Wildman–Crippen MR) is 112 cm³/mol. The molecule has 3 rings (SSSR count). The number of rotatable bonds is 2. The van der Waals surface area contributed by atoms with Gasteiger partial charge in [0.25, 0.3) is 0 Å². The molecule has 0 saturated heterocycles. The molecule has 0 fully saturated rings. The Morgan fingerprint density at radius 3 is 2.59 bits per heavy atom. The fourth-order valence-electron chi connectivity index (χ4n) is 3.39. The summed E-state index contributed by atoms with van der Waals surface area (Å²) in [4.78, 5) is 14.9. The highest BCUT2D eigenvalue weighted by Crippen LogP contribution is 2.47. The zero-order valence-corrected chi connectivity index (χ0v) is 18.2. The minimum atomic E-state index is -0.609. The molecule has 0 aromatic heterocycles. The summed E-state index contributed by atoms with van der Waals surface area (Å²) in [6.45, 7) is 5.58. The number of anilines is 1. The SMILES string of the molecule is COc1cc(Br)cc2c1N(C(=O)OC(C)(C)C)C(c1ccccc1Cl)CC2. The van der Waals surface area contributed by atoms with Crippen LogP contribution in [-0.4, -0.2) is 18.8 Å². The van der Waals surface area contributed by atoms with E-state index in [4.69, 9.17) is 21.1 Å². The van der Waals surface area contributed by atoms with Crippen LogP contribution in [0, 0.1) is 0 Å². The number of halogens is 2. The van der Waals surface area contributed by atoms with E-state index in [0.717, 1.165) is 34.1 Å². The Hall–Kier alpha value is -1.72. The number of hydrogen-bond acceptors (Lipinski definition) is 3. The standard InChI is InChI=1S/C21H23BrClNO3/c1-21(2,3)27-20(25)24-17(15-7-5-6-8-16(15)23)10-9-13-11-14(22)12-18(26-4)19(13)24/h5-8,11-12,17H,9-10H2,1-4H3. The molecule has 144 valence electrons. The summed E-state index contributed by atoms with van der Waals surface area (Å²) in [5.74, 6) is 0.627. The summed E-state index contributed by atoms with van der Waals surface area (Å²) >= 11 is 9.99. The van der Waals surface area contributed by atoms with E-state index in [1.54, 1.807) is 12.0 Å². The largest absolute Gasteiger partial charge is 0.495 e. The van der Waals surface area contributed by atoms with Gasteiger partial charge in [-0.1, -0.05) is 45.7 Å². The van der Waals surface area contributed by atoms with Gasteiger partial charge in [0.2, 0.25) is 0 Å². The Morgan fingerprint density at radius 2 is 1.96 bits per heavy atom. The summed E-state index contributed by atoms with van der Waals surface area (Å²) in [5.41, 5.74) is 2.07. The summed E-state index contributed by atoms with van der Waals surface area (Å²) < 4.78 is 12.3. The molecule has 1 heterocycles. The van der Waals surface area contributed by atoms with Crippen molar-refractivity contribution in [2.75, 3.05) is 12.0 Å². The first-order chi connectivity index (χ1) is 12.7. The molecule has 1 aliphatic heterocycles. The summed E-state index contributed by atoms with van der Waals surface area (Å²) in [7, 11) is 1.61.